The van der Waals surface area contributed by atoms with Crippen LogP contribution in [0.25, 0.3) is 0 Å². The number of urea groups is 1. The summed E-state index contributed by atoms with van der Waals surface area (Å²) in [4.78, 5) is 11.8. The van der Waals surface area contributed by atoms with Gasteiger partial charge in [0.2, 0.25) is 0 Å². The highest BCUT2D eigenvalue weighted by molar-refractivity contribution is 5.89. The normalized spacial score (nSPS) is 14.1. The van der Waals surface area contributed by atoms with Crippen molar-refractivity contribution in [2.45, 2.75) is 39.3 Å². The number of rotatable bonds is 1. The van der Waals surface area contributed by atoms with E-state index in [1.165, 1.54) is 11.1 Å². The van der Waals surface area contributed by atoms with Gasteiger partial charge in [0, 0.05) is 17.8 Å². The summed E-state index contributed by atoms with van der Waals surface area (Å²) >= 11 is 0. The van der Waals surface area contributed by atoms with E-state index in [0.29, 0.717) is 0 Å². The van der Waals surface area contributed by atoms with Crippen molar-refractivity contribution >= 4 is 24.1 Å². The number of benzene rings is 1. The molecule has 0 fully saturated rings. The lowest BCUT2D eigenvalue weighted by Gasteiger charge is -2.22. The van der Waals surface area contributed by atoms with Crippen molar-refractivity contribution < 1.29 is 4.79 Å². The molecule has 2 amide bonds. The van der Waals surface area contributed by atoms with E-state index in [4.69, 9.17) is 0 Å². The largest absolute Gasteiger partial charge is 0.333 e. The highest BCUT2D eigenvalue weighted by atomic mass is 35.5. The molecule has 4 nitrogen and oxygen atoms in total. The summed E-state index contributed by atoms with van der Waals surface area (Å²) in [6, 6.07) is 5.94. The Kier molecular flexibility index (Phi) is 5.20. The SMILES string of the molecule is CC(C)(C)NC(=O)Nc1ccc2c(c1)CCNC2.Cl. The Morgan fingerprint density at radius 1 is 1.26 bits per heavy atom. The molecule has 1 heterocycles. The van der Waals surface area contributed by atoms with Crippen LogP contribution in [0.2, 0.25) is 0 Å². The van der Waals surface area contributed by atoms with E-state index in [-0.39, 0.29) is 24.0 Å². The molecule has 106 valence electrons. The highest BCUT2D eigenvalue weighted by Gasteiger charge is 2.14. The number of hydrogen-bond donors (Lipinski definition) is 3. The van der Waals surface area contributed by atoms with Crippen molar-refractivity contribution in [2.24, 2.45) is 0 Å². The first-order valence-corrected chi connectivity index (χ1v) is 6.36. The van der Waals surface area contributed by atoms with Crippen LogP contribution in [0.4, 0.5) is 10.5 Å². The molecule has 0 aromatic heterocycles. The molecule has 1 aliphatic rings. The molecule has 0 saturated carbocycles. The summed E-state index contributed by atoms with van der Waals surface area (Å²) in [5, 5.41) is 9.10. The molecule has 0 bridgehead atoms. The lowest BCUT2D eigenvalue weighted by molar-refractivity contribution is 0.244. The van der Waals surface area contributed by atoms with Gasteiger partial charge in [0.25, 0.3) is 0 Å². The van der Waals surface area contributed by atoms with Gasteiger partial charge in [0.1, 0.15) is 0 Å². The van der Waals surface area contributed by atoms with Gasteiger partial charge in [-0.1, -0.05) is 6.07 Å². The molecular weight excluding hydrogens is 262 g/mol. The van der Waals surface area contributed by atoms with Crippen molar-refractivity contribution in [3.05, 3.63) is 29.3 Å². The van der Waals surface area contributed by atoms with Crippen molar-refractivity contribution in [1.82, 2.24) is 10.6 Å². The third-order valence-corrected chi connectivity index (χ3v) is 2.84. The van der Waals surface area contributed by atoms with E-state index in [9.17, 15) is 4.79 Å². The van der Waals surface area contributed by atoms with E-state index in [1.807, 2.05) is 26.8 Å². The number of carbonyl (C=O) groups excluding carboxylic acids is 1. The fourth-order valence-electron chi connectivity index (χ4n) is 2.06. The van der Waals surface area contributed by atoms with Gasteiger partial charge >= 0.3 is 6.03 Å². The third kappa shape index (κ3) is 4.73. The van der Waals surface area contributed by atoms with Crippen LogP contribution in [0.1, 0.15) is 31.9 Å². The molecule has 0 radical (unpaired) electrons. The predicted octanol–water partition coefficient (Wildman–Crippen LogP) is 2.67. The zero-order chi connectivity index (χ0) is 13.2. The van der Waals surface area contributed by atoms with Crippen molar-refractivity contribution in [2.75, 3.05) is 11.9 Å². The molecule has 0 aliphatic carbocycles. The molecule has 19 heavy (non-hydrogen) atoms. The van der Waals surface area contributed by atoms with Gasteiger partial charge in [-0.3, -0.25) is 0 Å². The lowest BCUT2D eigenvalue weighted by atomic mass is 10.0. The van der Waals surface area contributed by atoms with E-state index in [2.05, 4.69) is 28.1 Å². The Balaban J connectivity index is 0.00000180. The van der Waals surface area contributed by atoms with Crippen LogP contribution in [0.15, 0.2) is 18.2 Å². The zero-order valence-corrected chi connectivity index (χ0v) is 12.5. The summed E-state index contributed by atoms with van der Waals surface area (Å²) in [6.45, 7) is 7.82. The second-order valence-corrected chi connectivity index (χ2v) is 5.74. The van der Waals surface area contributed by atoms with Gasteiger partial charge in [-0.05, 0) is 57.0 Å². The molecule has 0 saturated heterocycles. The highest BCUT2D eigenvalue weighted by Crippen LogP contribution is 2.19. The number of hydrogen-bond acceptors (Lipinski definition) is 2. The quantitative estimate of drug-likeness (QED) is 0.742. The van der Waals surface area contributed by atoms with Gasteiger partial charge in [-0.25, -0.2) is 4.79 Å². The van der Waals surface area contributed by atoms with Gasteiger partial charge in [0.15, 0.2) is 0 Å². The molecule has 1 aliphatic heterocycles. The molecule has 3 N–H and O–H groups in total. The number of nitrogens with one attached hydrogen (secondary N) is 3. The van der Waals surface area contributed by atoms with Crippen LogP contribution in [-0.4, -0.2) is 18.1 Å². The lowest BCUT2D eigenvalue weighted by Crippen LogP contribution is -2.43. The first-order chi connectivity index (χ1) is 8.44. The van der Waals surface area contributed by atoms with E-state index >= 15 is 0 Å². The summed E-state index contributed by atoms with van der Waals surface area (Å²) in [6.07, 6.45) is 1.02. The topological polar surface area (TPSA) is 53.2 Å². The molecule has 2 rings (SSSR count). The van der Waals surface area contributed by atoms with Crippen LogP contribution in [-0.2, 0) is 13.0 Å². The number of halogens is 1. The first-order valence-electron chi connectivity index (χ1n) is 6.36. The molecule has 0 atom stereocenters. The van der Waals surface area contributed by atoms with Crippen LogP contribution < -0.4 is 16.0 Å². The van der Waals surface area contributed by atoms with Gasteiger partial charge in [-0.15, -0.1) is 12.4 Å². The number of anilines is 1. The van der Waals surface area contributed by atoms with E-state index in [1.54, 1.807) is 0 Å². The Morgan fingerprint density at radius 3 is 2.68 bits per heavy atom. The van der Waals surface area contributed by atoms with Crippen molar-refractivity contribution in [1.29, 1.82) is 0 Å². The second kappa shape index (κ2) is 6.26. The maximum Gasteiger partial charge on any atom is 0.319 e. The second-order valence-electron chi connectivity index (χ2n) is 5.74. The van der Waals surface area contributed by atoms with Gasteiger partial charge < -0.3 is 16.0 Å². The minimum absolute atomic E-state index is 0. The Hall–Kier alpha value is -1.26. The maximum absolute atomic E-state index is 11.8. The van der Waals surface area contributed by atoms with Crippen LogP contribution >= 0.6 is 12.4 Å². The van der Waals surface area contributed by atoms with E-state index < -0.39 is 0 Å². The average molecular weight is 284 g/mol. The minimum Gasteiger partial charge on any atom is -0.333 e. The molecule has 0 unspecified atom stereocenters. The molecule has 1 aromatic carbocycles. The molecule has 5 heteroatoms. The average Bonchev–Trinajstić information content (AvgIpc) is 2.26. The maximum atomic E-state index is 11.8. The van der Waals surface area contributed by atoms with Crippen LogP contribution in [0, 0.1) is 0 Å². The van der Waals surface area contributed by atoms with Gasteiger partial charge in [0.05, 0.1) is 0 Å². The summed E-state index contributed by atoms with van der Waals surface area (Å²) in [7, 11) is 0. The standard InChI is InChI=1S/C14H21N3O.ClH/c1-14(2,3)17-13(18)16-12-5-4-11-9-15-7-6-10(11)8-12;/h4-5,8,15H,6-7,9H2,1-3H3,(H2,16,17,18);1H. The monoisotopic (exact) mass is 283 g/mol. The Labute approximate surface area is 120 Å². The van der Waals surface area contributed by atoms with Gasteiger partial charge in [-0.2, -0.15) is 0 Å². The van der Waals surface area contributed by atoms with E-state index in [0.717, 1.165) is 25.2 Å². The number of fused-ring (bicyclic) bond motifs is 1. The molecule has 0 spiro atoms. The Bertz CT molecular complexity index is 454. The molecular formula is C14H22ClN3O. The first kappa shape index (κ1) is 15.8. The zero-order valence-electron chi connectivity index (χ0n) is 11.7. The van der Waals surface area contributed by atoms with Crippen LogP contribution in [0.5, 0.6) is 0 Å². The van der Waals surface area contributed by atoms with Crippen molar-refractivity contribution in [3.63, 3.8) is 0 Å². The minimum atomic E-state index is -0.220. The van der Waals surface area contributed by atoms with Crippen molar-refractivity contribution in [3.8, 4) is 0 Å². The number of carbonyl (C=O) groups is 1. The van der Waals surface area contributed by atoms with Crippen LogP contribution in [0.3, 0.4) is 0 Å². The fourth-order valence-corrected chi connectivity index (χ4v) is 2.06. The summed E-state index contributed by atoms with van der Waals surface area (Å²) in [5.74, 6) is 0. The fraction of sp³-hybridized carbons (Fsp3) is 0.500. The Morgan fingerprint density at radius 2 is 2.00 bits per heavy atom. The summed E-state index contributed by atoms with van der Waals surface area (Å²) < 4.78 is 0. The summed E-state index contributed by atoms with van der Waals surface area (Å²) in [5.41, 5.74) is 3.28. The predicted molar refractivity (Wildman–Crippen MR) is 81.0 cm³/mol. The third-order valence-electron chi connectivity index (χ3n) is 2.84. The number of amides is 2. The smallest absolute Gasteiger partial charge is 0.319 e. The molecule has 1 aromatic rings.